The van der Waals surface area contributed by atoms with E-state index in [1.165, 1.54) is 0 Å². The number of hydrogen-bond acceptors (Lipinski definition) is 3. The van der Waals surface area contributed by atoms with Crippen LogP contribution in [0.3, 0.4) is 0 Å². The summed E-state index contributed by atoms with van der Waals surface area (Å²) >= 11 is 6.29. The Morgan fingerprint density at radius 2 is 1.74 bits per heavy atom. The molecule has 178 valence electrons. The number of amides is 1. The third-order valence-electron chi connectivity index (χ3n) is 8.06. The maximum Gasteiger partial charge on any atom is 0.275 e. The molecule has 1 aliphatic heterocycles. The number of carbonyl (C=O) groups is 2. The molecule has 5 rings (SSSR count). The lowest BCUT2D eigenvalue weighted by molar-refractivity contribution is -0.134. The van der Waals surface area contributed by atoms with Crippen LogP contribution in [0.5, 0.6) is 0 Å². The minimum absolute atomic E-state index is 0.00726. The lowest BCUT2D eigenvalue weighted by Crippen LogP contribution is -2.52. The molecule has 1 heterocycles. The first-order valence-electron chi connectivity index (χ1n) is 12.5. The van der Waals surface area contributed by atoms with Crippen LogP contribution in [0.15, 0.2) is 53.5 Å². The van der Waals surface area contributed by atoms with E-state index in [-0.39, 0.29) is 17.4 Å². The van der Waals surface area contributed by atoms with E-state index in [9.17, 15) is 9.59 Å². The molecule has 1 amide bonds. The van der Waals surface area contributed by atoms with Crippen LogP contribution < -0.4 is 0 Å². The minimum atomic E-state index is -0.521. The van der Waals surface area contributed by atoms with Crippen molar-refractivity contribution < 1.29 is 9.59 Å². The van der Waals surface area contributed by atoms with Crippen molar-refractivity contribution in [2.75, 3.05) is 0 Å². The first-order valence-corrected chi connectivity index (χ1v) is 12.8. The molecular weight excluding hydrogens is 444 g/mol. The Balaban J connectivity index is 1.57. The number of rotatable bonds is 5. The predicted octanol–water partition coefficient (Wildman–Crippen LogP) is 6.87. The van der Waals surface area contributed by atoms with Gasteiger partial charge in [-0.3, -0.25) is 14.6 Å². The molecule has 0 aromatic heterocycles. The summed E-state index contributed by atoms with van der Waals surface area (Å²) in [6.45, 7) is 6.94. The first kappa shape index (κ1) is 23.3. The van der Waals surface area contributed by atoms with Crippen molar-refractivity contribution in [1.82, 2.24) is 4.90 Å². The average molecular weight is 477 g/mol. The second-order valence-corrected chi connectivity index (χ2v) is 11.8. The van der Waals surface area contributed by atoms with Crippen LogP contribution in [0.1, 0.15) is 86.8 Å². The van der Waals surface area contributed by atoms with Crippen molar-refractivity contribution >= 4 is 29.5 Å². The van der Waals surface area contributed by atoms with E-state index in [0.29, 0.717) is 28.1 Å². The fourth-order valence-electron chi connectivity index (χ4n) is 5.94. The Morgan fingerprint density at radius 1 is 1.06 bits per heavy atom. The molecule has 0 N–H and O–H groups in total. The topological polar surface area (TPSA) is 49.7 Å². The summed E-state index contributed by atoms with van der Waals surface area (Å²) in [5.41, 5.74) is 2.81. The molecule has 5 heteroatoms. The zero-order valence-corrected chi connectivity index (χ0v) is 21.0. The maximum atomic E-state index is 14.1. The smallest absolute Gasteiger partial charge is 0.275 e. The second-order valence-electron chi connectivity index (χ2n) is 11.3. The van der Waals surface area contributed by atoms with E-state index in [2.05, 4.69) is 25.7 Å². The predicted molar refractivity (Wildman–Crippen MR) is 136 cm³/mol. The molecule has 4 nitrogen and oxygen atoms in total. The molecule has 2 aromatic carbocycles. The quantitative estimate of drug-likeness (QED) is 0.442. The summed E-state index contributed by atoms with van der Waals surface area (Å²) in [6.07, 6.45) is 6.95. The number of nitrogens with zero attached hydrogens (tertiary/aromatic N) is 2. The summed E-state index contributed by atoms with van der Waals surface area (Å²) in [5.74, 6) is 1.05. The van der Waals surface area contributed by atoms with Crippen molar-refractivity contribution in [2.24, 2.45) is 22.2 Å². The summed E-state index contributed by atoms with van der Waals surface area (Å²) in [5, 5.41) is 0.611. The van der Waals surface area contributed by atoms with Crippen LogP contribution in [0, 0.1) is 17.3 Å². The van der Waals surface area contributed by atoms with Gasteiger partial charge in [-0.15, -0.1) is 0 Å². The third kappa shape index (κ3) is 4.22. The number of benzene rings is 2. The van der Waals surface area contributed by atoms with Gasteiger partial charge in [0, 0.05) is 16.1 Å². The fraction of sp³-hybridized carbons (Fsp3) is 0.483. The van der Waals surface area contributed by atoms with Gasteiger partial charge in [-0.05, 0) is 73.5 Å². The summed E-state index contributed by atoms with van der Waals surface area (Å²) in [4.78, 5) is 32.7. The van der Waals surface area contributed by atoms with Gasteiger partial charge in [-0.25, -0.2) is 0 Å². The molecular formula is C29H33ClN2O2. The van der Waals surface area contributed by atoms with E-state index in [1.54, 1.807) is 0 Å². The van der Waals surface area contributed by atoms with Crippen molar-refractivity contribution in [1.29, 1.82) is 0 Å². The van der Waals surface area contributed by atoms with Gasteiger partial charge in [0.15, 0.2) is 0 Å². The van der Waals surface area contributed by atoms with Crippen molar-refractivity contribution in [2.45, 2.75) is 71.0 Å². The molecule has 1 unspecified atom stereocenters. The summed E-state index contributed by atoms with van der Waals surface area (Å²) in [7, 11) is 0. The van der Waals surface area contributed by atoms with E-state index >= 15 is 0 Å². The molecule has 2 fully saturated rings. The lowest BCUT2D eigenvalue weighted by Gasteiger charge is -2.47. The van der Waals surface area contributed by atoms with Crippen LogP contribution in [-0.2, 0) is 4.79 Å². The molecule has 34 heavy (non-hydrogen) atoms. The molecule has 3 aliphatic rings. The standard InChI is InChI=1S/C29H33ClN2O2/c1-28(2,3)23-13-15-29(16-14-23)31-25(22-5-4-6-24(30)17-22)27(34)32(29)26(21-11-12-21)20-9-7-19(18-33)8-10-20/h4-10,17-18,21,23,26H,11-16H2,1-3H3. The number of aldehydes is 1. The number of hydrogen-bond donors (Lipinski definition) is 0. The molecule has 0 saturated heterocycles. The largest absolute Gasteiger partial charge is 0.305 e. The van der Waals surface area contributed by atoms with Crippen molar-refractivity contribution in [3.8, 4) is 0 Å². The normalized spacial score (nSPS) is 26.0. The van der Waals surface area contributed by atoms with Crippen molar-refractivity contribution in [3.05, 3.63) is 70.2 Å². The molecule has 2 saturated carbocycles. The van der Waals surface area contributed by atoms with Gasteiger partial charge in [-0.1, -0.05) is 68.8 Å². The van der Waals surface area contributed by atoms with Gasteiger partial charge in [0.2, 0.25) is 0 Å². The Bertz CT molecular complexity index is 1120. The maximum absolute atomic E-state index is 14.1. The molecule has 0 bridgehead atoms. The van der Waals surface area contributed by atoms with Crippen LogP contribution in [0.4, 0.5) is 0 Å². The van der Waals surface area contributed by atoms with E-state index in [0.717, 1.165) is 55.9 Å². The zero-order valence-electron chi connectivity index (χ0n) is 20.3. The highest BCUT2D eigenvalue weighted by Crippen LogP contribution is 2.54. The van der Waals surface area contributed by atoms with Crippen molar-refractivity contribution in [3.63, 3.8) is 0 Å². The van der Waals surface area contributed by atoms with Gasteiger partial charge in [0.1, 0.15) is 17.7 Å². The number of carbonyl (C=O) groups excluding carboxylic acids is 2. The zero-order chi connectivity index (χ0) is 24.1. The third-order valence-corrected chi connectivity index (χ3v) is 8.29. The molecule has 1 spiro atoms. The molecule has 2 aromatic rings. The van der Waals surface area contributed by atoms with Gasteiger partial charge in [-0.2, -0.15) is 0 Å². The van der Waals surface area contributed by atoms with Crippen LogP contribution in [-0.4, -0.2) is 28.5 Å². The molecule has 1 atom stereocenters. The van der Waals surface area contributed by atoms with Gasteiger partial charge < -0.3 is 4.90 Å². The van der Waals surface area contributed by atoms with Gasteiger partial charge >= 0.3 is 0 Å². The van der Waals surface area contributed by atoms with Crippen LogP contribution in [0.2, 0.25) is 5.02 Å². The average Bonchev–Trinajstić information content (AvgIpc) is 3.61. The number of halogens is 1. The Hall–Kier alpha value is -2.46. The monoisotopic (exact) mass is 476 g/mol. The summed E-state index contributed by atoms with van der Waals surface area (Å²) in [6, 6.07) is 15.2. The minimum Gasteiger partial charge on any atom is -0.305 e. The molecule has 2 aliphatic carbocycles. The van der Waals surface area contributed by atoms with E-state index < -0.39 is 5.66 Å². The molecule has 0 radical (unpaired) electrons. The highest BCUT2D eigenvalue weighted by Gasteiger charge is 2.55. The van der Waals surface area contributed by atoms with Gasteiger partial charge in [0.25, 0.3) is 5.91 Å². The van der Waals surface area contributed by atoms with E-state index in [1.807, 2.05) is 48.5 Å². The van der Waals surface area contributed by atoms with Gasteiger partial charge in [0.05, 0.1) is 6.04 Å². The Labute approximate surface area is 207 Å². The summed E-state index contributed by atoms with van der Waals surface area (Å²) < 4.78 is 0. The van der Waals surface area contributed by atoms with E-state index in [4.69, 9.17) is 16.6 Å². The lowest BCUT2D eigenvalue weighted by atomic mass is 9.69. The Morgan fingerprint density at radius 3 is 2.29 bits per heavy atom. The highest BCUT2D eigenvalue weighted by molar-refractivity contribution is 6.47. The highest BCUT2D eigenvalue weighted by atomic mass is 35.5. The second kappa shape index (κ2) is 8.64. The SMILES string of the molecule is CC(C)(C)C1CCC2(CC1)N=C(c1cccc(Cl)c1)C(=O)N2C(c1ccc(C=O)cc1)C1CC1. The van der Waals surface area contributed by atoms with Crippen LogP contribution in [0.25, 0.3) is 0 Å². The number of aliphatic imine (C=N–C) groups is 1. The van der Waals surface area contributed by atoms with Crippen LogP contribution >= 0.6 is 11.6 Å². The first-order chi connectivity index (χ1) is 16.2. The Kier molecular flexibility index (Phi) is 5.92. The fourth-order valence-corrected chi connectivity index (χ4v) is 6.13.